The van der Waals surface area contributed by atoms with Gasteiger partial charge in [-0.15, -0.1) is 0 Å². The summed E-state index contributed by atoms with van der Waals surface area (Å²) in [4.78, 5) is 9.08. The topological polar surface area (TPSA) is 54.7 Å². The minimum Gasteiger partial charge on any atom is -0.333 e. The maximum absolute atomic E-state index is 5.79. The van der Waals surface area contributed by atoms with Crippen LogP contribution in [-0.2, 0) is 6.54 Å². The van der Waals surface area contributed by atoms with E-state index in [0.717, 1.165) is 31.1 Å². The average molecular weight is 348 g/mol. The zero-order chi connectivity index (χ0) is 14.1. The third-order valence-electron chi connectivity index (χ3n) is 3.07. The summed E-state index contributed by atoms with van der Waals surface area (Å²) in [5.74, 6) is 0. The van der Waals surface area contributed by atoms with Crippen molar-refractivity contribution >= 4 is 38.7 Å². The number of nitrogens with two attached hydrogens (primary N) is 1. The predicted octanol–water partition coefficient (Wildman–Crippen LogP) is 4.24. The van der Waals surface area contributed by atoms with Crippen molar-refractivity contribution in [2.24, 2.45) is 5.73 Å². The van der Waals surface area contributed by atoms with Crippen molar-refractivity contribution in [2.45, 2.75) is 23.5 Å². The molecule has 0 fully saturated rings. The van der Waals surface area contributed by atoms with Crippen LogP contribution < -0.4 is 5.73 Å². The molecular formula is C15H14BrN3S. The van der Waals surface area contributed by atoms with Gasteiger partial charge in [0.25, 0.3) is 0 Å². The highest BCUT2D eigenvalue weighted by Gasteiger charge is 2.08. The largest absolute Gasteiger partial charge is 0.333 e. The molecule has 3 nitrogen and oxygen atoms in total. The molecule has 0 aliphatic carbocycles. The second-order valence-corrected chi connectivity index (χ2v) is 6.57. The van der Waals surface area contributed by atoms with E-state index in [2.05, 4.69) is 51.0 Å². The SMILES string of the molecule is Cc1ccc2nc(Sc3cc(Br)ccc3CN)[nH]c2c1. The minimum atomic E-state index is 0.523. The maximum Gasteiger partial charge on any atom is 0.171 e. The Labute approximate surface area is 130 Å². The summed E-state index contributed by atoms with van der Waals surface area (Å²) in [7, 11) is 0. The van der Waals surface area contributed by atoms with Crippen molar-refractivity contribution in [1.29, 1.82) is 0 Å². The van der Waals surface area contributed by atoms with Crippen LogP contribution in [0.25, 0.3) is 11.0 Å². The normalized spacial score (nSPS) is 11.2. The van der Waals surface area contributed by atoms with E-state index in [4.69, 9.17) is 5.73 Å². The Kier molecular flexibility index (Phi) is 3.83. The number of H-pyrrole nitrogens is 1. The molecule has 0 unspecified atom stereocenters. The fourth-order valence-electron chi connectivity index (χ4n) is 2.04. The second kappa shape index (κ2) is 5.60. The molecule has 0 radical (unpaired) electrons. The third-order valence-corrected chi connectivity index (χ3v) is 4.55. The number of aromatic amines is 1. The van der Waals surface area contributed by atoms with Crippen LogP contribution in [0, 0.1) is 6.92 Å². The molecular weight excluding hydrogens is 334 g/mol. The van der Waals surface area contributed by atoms with Gasteiger partial charge in [-0.1, -0.05) is 39.8 Å². The van der Waals surface area contributed by atoms with E-state index < -0.39 is 0 Å². The summed E-state index contributed by atoms with van der Waals surface area (Å²) in [6, 6.07) is 12.3. The lowest BCUT2D eigenvalue weighted by Gasteiger charge is -2.05. The molecule has 0 spiro atoms. The molecule has 1 aromatic heterocycles. The van der Waals surface area contributed by atoms with E-state index in [-0.39, 0.29) is 0 Å². The van der Waals surface area contributed by atoms with Gasteiger partial charge in [0, 0.05) is 15.9 Å². The van der Waals surface area contributed by atoms with Crippen LogP contribution >= 0.6 is 27.7 Å². The Balaban J connectivity index is 1.98. The van der Waals surface area contributed by atoms with E-state index in [1.807, 2.05) is 18.2 Å². The van der Waals surface area contributed by atoms with E-state index in [1.54, 1.807) is 11.8 Å². The van der Waals surface area contributed by atoms with Gasteiger partial charge in [0.15, 0.2) is 5.16 Å². The first-order chi connectivity index (χ1) is 9.65. The van der Waals surface area contributed by atoms with Crippen molar-refractivity contribution in [3.8, 4) is 0 Å². The number of aromatic nitrogens is 2. The molecule has 3 N–H and O–H groups in total. The third kappa shape index (κ3) is 2.75. The average Bonchev–Trinajstić information content (AvgIpc) is 2.80. The summed E-state index contributed by atoms with van der Waals surface area (Å²) in [5.41, 5.74) is 10.2. The predicted molar refractivity (Wildman–Crippen MR) is 87.0 cm³/mol. The van der Waals surface area contributed by atoms with Crippen LogP contribution in [0.3, 0.4) is 0 Å². The van der Waals surface area contributed by atoms with Crippen molar-refractivity contribution in [3.05, 3.63) is 52.0 Å². The molecule has 0 amide bonds. The van der Waals surface area contributed by atoms with Gasteiger partial charge < -0.3 is 10.7 Å². The van der Waals surface area contributed by atoms with Gasteiger partial charge in [-0.05, 0) is 42.3 Å². The number of rotatable bonds is 3. The van der Waals surface area contributed by atoms with Crippen LogP contribution in [-0.4, -0.2) is 9.97 Å². The molecule has 0 bridgehead atoms. The number of imidazole rings is 1. The molecule has 3 rings (SSSR count). The number of fused-ring (bicyclic) bond motifs is 1. The summed E-state index contributed by atoms with van der Waals surface area (Å²) in [6.07, 6.45) is 0. The molecule has 0 atom stereocenters. The standard InChI is InChI=1S/C15H14BrN3S/c1-9-2-5-12-13(6-9)19-15(18-12)20-14-7-11(16)4-3-10(14)8-17/h2-7H,8,17H2,1H3,(H,18,19). The van der Waals surface area contributed by atoms with Gasteiger partial charge in [-0.3, -0.25) is 0 Å². The van der Waals surface area contributed by atoms with E-state index in [9.17, 15) is 0 Å². The zero-order valence-corrected chi connectivity index (χ0v) is 13.4. The molecule has 0 saturated carbocycles. The van der Waals surface area contributed by atoms with Crippen LogP contribution in [0.15, 0.2) is 50.9 Å². The van der Waals surface area contributed by atoms with Crippen LogP contribution in [0.1, 0.15) is 11.1 Å². The molecule has 0 aliphatic rings. The minimum absolute atomic E-state index is 0.523. The first-order valence-electron chi connectivity index (χ1n) is 6.28. The quantitative estimate of drug-likeness (QED) is 0.744. The van der Waals surface area contributed by atoms with Gasteiger partial charge in [0.1, 0.15) is 0 Å². The number of nitrogens with one attached hydrogen (secondary N) is 1. The monoisotopic (exact) mass is 347 g/mol. The van der Waals surface area contributed by atoms with Gasteiger partial charge in [0.2, 0.25) is 0 Å². The Morgan fingerprint density at radius 2 is 2.10 bits per heavy atom. The lowest BCUT2D eigenvalue weighted by Crippen LogP contribution is -1.98. The Hall–Kier alpha value is -1.30. The van der Waals surface area contributed by atoms with Gasteiger partial charge >= 0.3 is 0 Å². The molecule has 2 aromatic carbocycles. The number of nitrogens with zero attached hydrogens (tertiary/aromatic N) is 1. The molecule has 3 aromatic rings. The molecule has 0 saturated heterocycles. The van der Waals surface area contributed by atoms with E-state index in [1.165, 1.54) is 5.56 Å². The van der Waals surface area contributed by atoms with E-state index >= 15 is 0 Å². The summed E-state index contributed by atoms with van der Waals surface area (Å²) < 4.78 is 1.05. The van der Waals surface area contributed by atoms with E-state index in [0.29, 0.717) is 6.54 Å². The highest BCUT2D eigenvalue weighted by Crippen LogP contribution is 2.32. The summed E-state index contributed by atoms with van der Waals surface area (Å²) in [5, 5.41) is 0.887. The van der Waals surface area contributed by atoms with Crippen LogP contribution in [0.4, 0.5) is 0 Å². The Bertz CT molecular complexity index is 767. The molecule has 20 heavy (non-hydrogen) atoms. The lowest BCUT2D eigenvalue weighted by molar-refractivity contribution is 1.01. The fraction of sp³-hybridized carbons (Fsp3) is 0.133. The summed E-state index contributed by atoms with van der Waals surface area (Å²) in [6.45, 7) is 2.60. The highest BCUT2D eigenvalue weighted by molar-refractivity contribution is 9.10. The molecule has 1 heterocycles. The van der Waals surface area contributed by atoms with Crippen molar-refractivity contribution in [3.63, 3.8) is 0 Å². The Morgan fingerprint density at radius 3 is 2.90 bits per heavy atom. The second-order valence-electron chi connectivity index (χ2n) is 4.62. The smallest absolute Gasteiger partial charge is 0.171 e. The van der Waals surface area contributed by atoms with Crippen LogP contribution in [0.2, 0.25) is 0 Å². The number of aryl methyl sites for hydroxylation is 1. The first kappa shape index (κ1) is 13.7. The molecule has 0 aliphatic heterocycles. The number of halogens is 1. The van der Waals surface area contributed by atoms with Crippen molar-refractivity contribution < 1.29 is 0 Å². The fourth-order valence-corrected chi connectivity index (χ4v) is 3.54. The lowest BCUT2D eigenvalue weighted by atomic mass is 10.2. The van der Waals surface area contributed by atoms with Gasteiger partial charge in [0.05, 0.1) is 11.0 Å². The van der Waals surface area contributed by atoms with Crippen molar-refractivity contribution in [2.75, 3.05) is 0 Å². The maximum atomic E-state index is 5.79. The number of benzene rings is 2. The van der Waals surface area contributed by atoms with Gasteiger partial charge in [-0.2, -0.15) is 0 Å². The Morgan fingerprint density at radius 1 is 1.25 bits per heavy atom. The van der Waals surface area contributed by atoms with Crippen LogP contribution in [0.5, 0.6) is 0 Å². The molecule has 5 heteroatoms. The van der Waals surface area contributed by atoms with Gasteiger partial charge in [-0.25, -0.2) is 4.98 Å². The number of hydrogen-bond donors (Lipinski definition) is 2. The van der Waals surface area contributed by atoms with Crippen molar-refractivity contribution in [1.82, 2.24) is 9.97 Å². The molecule has 102 valence electrons. The zero-order valence-electron chi connectivity index (χ0n) is 11.0. The highest BCUT2D eigenvalue weighted by atomic mass is 79.9. The first-order valence-corrected chi connectivity index (χ1v) is 7.89. The number of hydrogen-bond acceptors (Lipinski definition) is 3. The summed E-state index contributed by atoms with van der Waals surface area (Å²) >= 11 is 5.11.